The lowest BCUT2D eigenvalue weighted by molar-refractivity contribution is -0.121. The van der Waals surface area contributed by atoms with Crippen LogP contribution in [0.5, 0.6) is 5.75 Å². The Morgan fingerprint density at radius 3 is 2.24 bits per heavy atom. The zero-order valence-corrected chi connectivity index (χ0v) is 17.0. The Kier molecular flexibility index (Phi) is 10.5. The third kappa shape index (κ3) is 6.04. The van der Waals surface area contributed by atoms with Crippen molar-refractivity contribution < 1.29 is 14.3 Å². The van der Waals surface area contributed by atoms with Gasteiger partial charge < -0.3 is 9.64 Å². The highest BCUT2D eigenvalue weighted by atomic mass is 16.5. The SMILES string of the molecule is CC.CC=C(C)C.CCC(C(C)=O)N1Cc2c(OC)cccc2C1=O. The summed E-state index contributed by atoms with van der Waals surface area (Å²) in [5.41, 5.74) is 2.91. The Hall–Kier alpha value is -2.10. The van der Waals surface area contributed by atoms with Gasteiger partial charge in [0.15, 0.2) is 5.78 Å². The molecule has 0 saturated heterocycles. The first kappa shape index (κ1) is 22.9. The standard InChI is InChI=1S/C14H17NO3.C5H10.C2H6/c1-4-12(9(2)16)15-8-11-10(14(15)17)6-5-7-13(11)18-3;1-4-5(2)3;1-2/h5-7,12H,4,8H2,1-3H3;4H,1-3H3;1-2H3. The van der Waals surface area contributed by atoms with E-state index in [-0.39, 0.29) is 17.7 Å². The predicted molar refractivity (Wildman–Crippen MR) is 104 cm³/mol. The van der Waals surface area contributed by atoms with E-state index in [4.69, 9.17) is 4.74 Å². The van der Waals surface area contributed by atoms with Crippen molar-refractivity contribution in [2.24, 2.45) is 0 Å². The minimum Gasteiger partial charge on any atom is -0.496 e. The highest BCUT2D eigenvalue weighted by molar-refractivity contribution is 6.01. The van der Waals surface area contributed by atoms with E-state index < -0.39 is 0 Å². The highest BCUT2D eigenvalue weighted by Gasteiger charge is 2.35. The van der Waals surface area contributed by atoms with Crippen LogP contribution in [0.4, 0.5) is 0 Å². The molecule has 1 aliphatic rings. The lowest BCUT2D eigenvalue weighted by Gasteiger charge is -2.24. The molecule has 0 spiro atoms. The van der Waals surface area contributed by atoms with E-state index >= 15 is 0 Å². The van der Waals surface area contributed by atoms with E-state index in [1.54, 1.807) is 24.1 Å². The molecule has 1 aliphatic heterocycles. The van der Waals surface area contributed by atoms with Crippen LogP contribution in [0.3, 0.4) is 0 Å². The van der Waals surface area contributed by atoms with Crippen molar-refractivity contribution in [3.8, 4) is 5.75 Å². The first-order chi connectivity index (χ1) is 11.9. The molecule has 0 fully saturated rings. The van der Waals surface area contributed by atoms with Gasteiger partial charge in [-0.3, -0.25) is 9.59 Å². The summed E-state index contributed by atoms with van der Waals surface area (Å²) in [5.74, 6) is 0.658. The lowest BCUT2D eigenvalue weighted by Crippen LogP contribution is -2.39. The van der Waals surface area contributed by atoms with Crippen LogP contribution in [0, 0.1) is 0 Å². The molecule has 1 unspecified atom stereocenters. The molecule has 0 aromatic heterocycles. The van der Waals surface area contributed by atoms with Gasteiger partial charge in [0.2, 0.25) is 0 Å². The number of benzene rings is 1. The number of fused-ring (bicyclic) bond motifs is 1. The summed E-state index contributed by atoms with van der Waals surface area (Å²) in [5, 5.41) is 0. The van der Waals surface area contributed by atoms with Crippen LogP contribution in [0.15, 0.2) is 29.8 Å². The number of amides is 1. The van der Waals surface area contributed by atoms with E-state index in [1.165, 1.54) is 12.5 Å². The summed E-state index contributed by atoms with van der Waals surface area (Å²) in [6.07, 6.45) is 2.72. The number of hydrogen-bond donors (Lipinski definition) is 0. The molecule has 0 radical (unpaired) electrons. The minimum atomic E-state index is -0.338. The van der Waals surface area contributed by atoms with Crippen LogP contribution in [-0.4, -0.2) is 29.7 Å². The second-order valence-electron chi connectivity index (χ2n) is 5.82. The molecule has 1 atom stereocenters. The Bertz CT molecular complexity index is 601. The minimum absolute atomic E-state index is 0.0256. The fourth-order valence-electron chi connectivity index (χ4n) is 2.50. The maximum atomic E-state index is 12.3. The van der Waals surface area contributed by atoms with Crippen LogP contribution in [0.25, 0.3) is 0 Å². The van der Waals surface area contributed by atoms with Crippen LogP contribution < -0.4 is 4.74 Å². The number of ether oxygens (including phenoxy) is 1. The van der Waals surface area contributed by atoms with Crippen LogP contribution in [0.2, 0.25) is 0 Å². The molecule has 1 aromatic carbocycles. The van der Waals surface area contributed by atoms with Gasteiger partial charge in [0.1, 0.15) is 5.75 Å². The maximum absolute atomic E-state index is 12.3. The van der Waals surface area contributed by atoms with Gasteiger partial charge in [-0.15, -0.1) is 0 Å². The number of rotatable bonds is 4. The predicted octanol–water partition coefficient (Wildman–Crippen LogP) is 5.02. The van der Waals surface area contributed by atoms with E-state index in [0.29, 0.717) is 24.3 Å². The molecular formula is C21H33NO3. The molecule has 0 bridgehead atoms. The molecule has 2 rings (SSSR count). The van der Waals surface area contributed by atoms with Crippen molar-refractivity contribution in [1.29, 1.82) is 0 Å². The number of nitrogens with zero attached hydrogens (tertiary/aromatic N) is 1. The molecule has 1 amide bonds. The van der Waals surface area contributed by atoms with Crippen LogP contribution >= 0.6 is 0 Å². The van der Waals surface area contributed by atoms with Crippen molar-refractivity contribution in [1.82, 2.24) is 4.90 Å². The number of ketones is 1. The Morgan fingerprint density at radius 2 is 1.84 bits per heavy atom. The monoisotopic (exact) mass is 347 g/mol. The average Bonchev–Trinajstić information content (AvgIpc) is 2.94. The summed E-state index contributed by atoms with van der Waals surface area (Å²) in [4.78, 5) is 25.5. The van der Waals surface area contributed by atoms with Gasteiger partial charge in [-0.1, -0.05) is 38.5 Å². The fourth-order valence-corrected chi connectivity index (χ4v) is 2.50. The van der Waals surface area contributed by atoms with E-state index in [1.807, 2.05) is 33.8 Å². The van der Waals surface area contributed by atoms with Gasteiger partial charge in [-0.05, 0) is 46.2 Å². The first-order valence-electron chi connectivity index (χ1n) is 8.94. The van der Waals surface area contributed by atoms with Crippen molar-refractivity contribution in [3.63, 3.8) is 0 Å². The van der Waals surface area contributed by atoms with E-state index in [0.717, 1.165) is 5.56 Å². The molecule has 0 aliphatic carbocycles. The van der Waals surface area contributed by atoms with Crippen molar-refractivity contribution in [2.75, 3.05) is 7.11 Å². The van der Waals surface area contributed by atoms with Gasteiger partial charge in [-0.25, -0.2) is 0 Å². The summed E-state index contributed by atoms with van der Waals surface area (Å²) in [6.45, 7) is 14.1. The van der Waals surface area contributed by atoms with Crippen molar-refractivity contribution in [2.45, 2.75) is 67.5 Å². The number of allylic oxidation sites excluding steroid dienone is 2. The summed E-state index contributed by atoms with van der Waals surface area (Å²) >= 11 is 0. The number of carbonyl (C=O) groups is 2. The summed E-state index contributed by atoms with van der Waals surface area (Å²) in [7, 11) is 1.59. The molecule has 140 valence electrons. The van der Waals surface area contributed by atoms with Crippen LogP contribution in [-0.2, 0) is 11.3 Å². The summed E-state index contributed by atoms with van der Waals surface area (Å²) in [6, 6.07) is 5.08. The van der Waals surface area contributed by atoms with Gasteiger partial charge in [0.25, 0.3) is 5.91 Å². The second-order valence-corrected chi connectivity index (χ2v) is 5.82. The topological polar surface area (TPSA) is 46.6 Å². The number of methoxy groups -OCH3 is 1. The van der Waals surface area contributed by atoms with Crippen molar-refractivity contribution in [3.05, 3.63) is 41.0 Å². The van der Waals surface area contributed by atoms with Crippen molar-refractivity contribution >= 4 is 11.7 Å². The molecule has 1 aromatic rings. The van der Waals surface area contributed by atoms with Crippen LogP contribution in [0.1, 0.15) is 70.8 Å². The second kappa shape index (κ2) is 11.5. The van der Waals surface area contributed by atoms with Gasteiger partial charge in [0.05, 0.1) is 19.7 Å². The number of carbonyl (C=O) groups excluding carboxylic acids is 2. The maximum Gasteiger partial charge on any atom is 0.255 e. The molecule has 4 nitrogen and oxygen atoms in total. The smallest absolute Gasteiger partial charge is 0.255 e. The number of Topliss-reactive ketones (excluding diaryl/α,β-unsaturated/α-hetero) is 1. The third-order valence-electron chi connectivity index (χ3n) is 3.98. The normalized spacial score (nSPS) is 12.8. The molecule has 0 saturated carbocycles. The fraction of sp³-hybridized carbons (Fsp3) is 0.524. The summed E-state index contributed by atoms with van der Waals surface area (Å²) < 4.78 is 5.26. The molecule has 4 heteroatoms. The Labute approximate surface area is 152 Å². The zero-order chi connectivity index (χ0) is 19.6. The third-order valence-corrected chi connectivity index (χ3v) is 3.98. The Morgan fingerprint density at radius 1 is 1.28 bits per heavy atom. The first-order valence-corrected chi connectivity index (χ1v) is 8.94. The lowest BCUT2D eigenvalue weighted by atomic mass is 10.1. The molecule has 25 heavy (non-hydrogen) atoms. The average molecular weight is 347 g/mol. The Balaban J connectivity index is 0.000000710. The number of hydrogen-bond acceptors (Lipinski definition) is 3. The zero-order valence-electron chi connectivity index (χ0n) is 17.0. The molecular weight excluding hydrogens is 314 g/mol. The van der Waals surface area contributed by atoms with Gasteiger partial charge in [0, 0.05) is 11.1 Å². The quantitative estimate of drug-likeness (QED) is 0.719. The molecule has 0 N–H and O–H groups in total. The van der Waals surface area contributed by atoms with Gasteiger partial charge >= 0.3 is 0 Å². The largest absolute Gasteiger partial charge is 0.496 e. The van der Waals surface area contributed by atoms with E-state index in [9.17, 15) is 9.59 Å². The van der Waals surface area contributed by atoms with E-state index in [2.05, 4.69) is 19.9 Å². The highest BCUT2D eigenvalue weighted by Crippen LogP contribution is 2.32. The van der Waals surface area contributed by atoms with Gasteiger partial charge in [-0.2, -0.15) is 0 Å². The molecule has 1 heterocycles.